The number of carbonyl (C=O) groups is 2. The number of amides is 2. The van der Waals surface area contributed by atoms with Crippen LogP contribution in [0.2, 0.25) is 0 Å². The molecule has 1 fully saturated rings. The summed E-state index contributed by atoms with van der Waals surface area (Å²) in [7, 11) is 0. The van der Waals surface area contributed by atoms with Gasteiger partial charge in [0.05, 0.1) is 10.6 Å². The summed E-state index contributed by atoms with van der Waals surface area (Å²) in [4.78, 5) is 26.1. The molecule has 2 aromatic rings. The van der Waals surface area contributed by atoms with E-state index in [0.717, 1.165) is 22.2 Å². The fourth-order valence-corrected chi connectivity index (χ4v) is 3.04. The molecule has 0 atom stereocenters. The van der Waals surface area contributed by atoms with Gasteiger partial charge in [0, 0.05) is 5.56 Å². The quantitative estimate of drug-likeness (QED) is 0.853. The van der Waals surface area contributed by atoms with Gasteiger partial charge in [-0.2, -0.15) is 0 Å². The van der Waals surface area contributed by atoms with Crippen molar-refractivity contribution in [2.24, 2.45) is 0 Å². The molecule has 0 bridgehead atoms. The second-order valence-corrected chi connectivity index (χ2v) is 5.91. The first-order chi connectivity index (χ1) is 10.6. The Labute approximate surface area is 132 Å². The van der Waals surface area contributed by atoms with Crippen LogP contribution in [0.15, 0.2) is 53.4 Å². The molecule has 110 valence electrons. The molecule has 22 heavy (non-hydrogen) atoms. The molecule has 2 amide bonds. The van der Waals surface area contributed by atoms with Crippen molar-refractivity contribution in [3.8, 4) is 5.75 Å². The average molecular weight is 311 g/mol. The normalized spacial score (nSPS) is 16.6. The minimum Gasteiger partial charge on any atom is -0.507 e. The Morgan fingerprint density at radius 1 is 1.09 bits per heavy atom. The van der Waals surface area contributed by atoms with Crippen LogP contribution in [0.1, 0.15) is 11.1 Å². The molecule has 0 spiro atoms. The van der Waals surface area contributed by atoms with Gasteiger partial charge in [-0.05, 0) is 48.5 Å². The van der Waals surface area contributed by atoms with Gasteiger partial charge in [-0.15, -0.1) is 0 Å². The summed E-state index contributed by atoms with van der Waals surface area (Å²) in [5.74, 6) is -0.297. The van der Waals surface area contributed by atoms with Gasteiger partial charge in [0.15, 0.2) is 0 Å². The van der Waals surface area contributed by atoms with E-state index in [9.17, 15) is 14.7 Å². The average Bonchev–Trinajstić information content (AvgIpc) is 2.76. The Kier molecular flexibility index (Phi) is 3.73. The van der Waals surface area contributed by atoms with Crippen LogP contribution >= 0.6 is 11.8 Å². The lowest BCUT2D eigenvalue weighted by Crippen LogP contribution is -2.27. The van der Waals surface area contributed by atoms with Gasteiger partial charge >= 0.3 is 0 Å². The summed E-state index contributed by atoms with van der Waals surface area (Å²) in [6, 6.07) is 13.9. The maximum atomic E-state index is 12.5. The monoisotopic (exact) mass is 311 g/mol. The Morgan fingerprint density at radius 2 is 1.86 bits per heavy atom. The van der Waals surface area contributed by atoms with Gasteiger partial charge in [-0.1, -0.05) is 30.3 Å². The van der Waals surface area contributed by atoms with E-state index in [0.29, 0.717) is 16.2 Å². The summed E-state index contributed by atoms with van der Waals surface area (Å²) in [6.45, 7) is 1.90. The molecule has 3 rings (SSSR count). The molecule has 0 unspecified atom stereocenters. The molecular weight excluding hydrogens is 298 g/mol. The number of nitrogens with zero attached hydrogens (tertiary/aromatic N) is 1. The Bertz CT molecular complexity index is 798. The van der Waals surface area contributed by atoms with E-state index in [1.54, 1.807) is 36.4 Å². The van der Waals surface area contributed by atoms with Crippen LogP contribution in [0.4, 0.5) is 10.5 Å². The number of thioether (sulfide) groups is 1. The van der Waals surface area contributed by atoms with Crippen LogP contribution in [0.5, 0.6) is 5.75 Å². The number of rotatable bonds is 2. The number of para-hydroxylation sites is 1. The van der Waals surface area contributed by atoms with E-state index < -0.39 is 0 Å². The van der Waals surface area contributed by atoms with Crippen LogP contribution in [0, 0.1) is 6.92 Å². The molecule has 5 heteroatoms. The van der Waals surface area contributed by atoms with E-state index in [1.165, 1.54) is 12.1 Å². The number of carbonyl (C=O) groups excluding carboxylic acids is 2. The van der Waals surface area contributed by atoms with Crippen LogP contribution < -0.4 is 4.90 Å². The minimum atomic E-state index is -0.371. The maximum absolute atomic E-state index is 12.5. The maximum Gasteiger partial charge on any atom is 0.298 e. The Morgan fingerprint density at radius 3 is 2.59 bits per heavy atom. The van der Waals surface area contributed by atoms with Crippen LogP contribution in [0.25, 0.3) is 6.08 Å². The molecular formula is C17H13NO3S. The van der Waals surface area contributed by atoms with Gasteiger partial charge in [0.2, 0.25) is 0 Å². The van der Waals surface area contributed by atoms with Crippen molar-refractivity contribution in [2.75, 3.05) is 4.90 Å². The van der Waals surface area contributed by atoms with E-state index in [1.807, 2.05) is 13.0 Å². The summed E-state index contributed by atoms with van der Waals surface area (Å²) < 4.78 is 0. The number of aryl methyl sites for hydroxylation is 1. The zero-order chi connectivity index (χ0) is 15.7. The molecule has 1 heterocycles. The number of aromatic hydroxyl groups is 1. The lowest BCUT2D eigenvalue weighted by atomic mass is 10.1. The van der Waals surface area contributed by atoms with Crippen molar-refractivity contribution in [1.29, 1.82) is 0 Å². The van der Waals surface area contributed by atoms with Crippen molar-refractivity contribution in [3.05, 3.63) is 64.6 Å². The Balaban J connectivity index is 1.97. The zero-order valence-electron chi connectivity index (χ0n) is 11.8. The highest BCUT2D eigenvalue weighted by Gasteiger charge is 2.36. The number of benzene rings is 2. The molecule has 1 saturated heterocycles. The topological polar surface area (TPSA) is 57.6 Å². The molecule has 2 aromatic carbocycles. The highest BCUT2D eigenvalue weighted by molar-refractivity contribution is 8.19. The van der Waals surface area contributed by atoms with E-state index in [-0.39, 0.29) is 16.9 Å². The largest absolute Gasteiger partial charge is 0.507 e. The van der Waals surface area contributed by atoms with Crippen LogP contribution in [0.3, 0.4) is 0 Å². The first kappa shape index (κ1) is 14.4. The zero-order valence-corrected chi connectivity index (χ0v) is 12.6. The third-order valence-corrected chi connectivity index (χ3v) is 4.15. The molecule has 1 aliphatic heterocycles. The number of anilines is 1. The number of imide groups is 1. The Hall–Kier alpha value is -2.53. The lowest BCUT2D eigenvalue weighted by molar-refractivity contribution is -0.113. The fourth-order valence-electron chi connectivity index (χ4n) is 2.21. The summed E-state index contributed by atoms with van der Waals surface area (Å²) in [5.41, 5.74) is 2.04. The third-order valence-electron chi connectivity index (χ3n) is 3.28. The van der Waals surface area contributed by atoms with Crippen molar-refractivity contribution < 1.29 is 14.7 Å². The van der Waals surface area contributed by atoms with Crippen molar-refractivity contribution in [1.82, 2.24) is 0 Å². The SMILES string of the molecule is Cc1cccc(N2C(=O)S/C(=C\c3ccccc3O)C2=O)c1. The summed E-state index contributed by atoms with van der Waals surface area (Å²) in [5, 5.41) is 9.44. The predicted molar refractivity (Wildman–Crippen MR) is 87.7 cm³/mol. The first-order valence-corrected chi connectivity index (χ1v) is 7.50. The highest BCUT2D eigenvalue weighted by atomic mass is 32.2. The molecule has 0 saturated carbocycles. The van der Waals surface area contributed by atoms with Crippen molar-refractivity contribution in [2.45, 2.75) is 6.92 Å². The summed E-state index contributed by atoms with van der Waals surface area (Å²) in [6.07, 6.45) is 1.54. The van der Waals surface area contributed by atoms with Crippen LogP contribution in [-0.2, 0) is 4.79 Å². The fraction of sp³-hybridized carbons (Fsp3) is 0.0588. The minimum absolute atomic E-state index is 0.0739. The van der Waals surface area contributed by atoms with Gasteiger partial charge in [-0.3, -0.25) is 9.59 Å². The van der Waals surface area contributed by atoms with Gasteiger partial charge in [-0.25, -0.2) is 4.90 Å². The van der Waals surface area contributed by atoms with E-state index >= 15 is 0 Å². The predicted octanol–water partition coefficient (Wildman–Crippen LogP) is 3.94. The molecule has 1 N–H and O–H groups in total. The van der Waals surface area contributed by atoms with Crippen LogP contribution in [-0.4, -0.2) is 16.3 Å². The molecule has 1 aliphatic rings. The number of hydrogen-bond donors (Lipinski definition) is 1. The lowest BCUT2D eigenvalue weighted by Gasteiger charge is -2.12. The van der Waals surface area contributed by atoms with Gasteiger partial charge in [0.1, 0.15) is 5.75 Å². The van der Waals surface area contributed by atoms with Crippen molar-refractivity contribution in [3.63, 3.8) is 0 Å². The molecule has 0 aromatic heterocycles. The second-order valence-electron chi connectivity index (χ2n) is 4.91. The number of phenolic OH excluding ortho intramolecular Hbond substituents is 1. The second kappa shape index (κ2) is 5.69. The number of phenols is 1. The standard InChI is InChI=1S/C17H13NO3S/c1-11-5-4-7-13(9-11)18-16(20)15(22-17(18)21)10-12-6-2-3-8-14(12)19/h2-10,19H,1H3/b15-10-. The first-order valence-electron chi connectivity index (χ1n) is 6.69. The summed E-state index contributed by atoms with van der Waals surface area (Å²) >= 11 is 0.873. The molecule has 0 aliphatic carbocycles. The van der Waals surface area contributed by atoms with Crippen molar-refractivity contribution >= 4 is 34.7 Å². The third kappa shape index (κ3) is 2.63. The van der Waals surface area contributed by atoms with E-state index in [4.69, 9.17) is 0 Å². The van der Waals surface area contributed by atoms with E-state index in [2.05, 4.69) is 0 Å². The van der Waals surface area contributed by atoms with Gasteiger partial charge < -0.3 is 5.11 Å². The molecule has 4 nitrogen and oxygen atoms in total. The highest BCUT2D eigenvalue weighted by Crippen LogP contribution is 2.36. The number of hydrogen-bond acceptors (Lipinski definition) is 4. The molecule has 0 radical (unpaired) electrons. The van der Waals surface area contributed by atoms with Gasteiger partial charge in [0.25, 0.3) is 11.1 Å². The smallest absolute Gasteiger partial charge is 0.298 e.